The fourth-order valence-corrected chi connectivity index (χ4v) is 3.46. The predicted molar refractivity (Wildman–Crippen MR) is 126 cm³/mol. The van der Waals surface area contributed by atoms with Crippen molar-refractivity contribution in [3.05, 3.63) is 59.4 Å². The molecule has 0 unspecified atom stereocenters. The van der Waals surface area contributed by atoms with Crippen molar-refractivity contribution in [3.8, 4) is 5.75 Å². The Morgan fingerprint density at radius 3 is 2.74 bits per heavy atom. The molecule has 0 saturated carbocycles. The number of para-hydroxylation sites is 2. The van der Waals surface area contributed by atoms with Gasteiger partial charge < -0.3 is 24.7 Å². The quantitative estimate of drug-likeness (QED) is 0.297. The average molecular weight is 424 g/mol. The number of ether oxygens (including phenoxy) is 2. The molecule has 0 saturated heterocycles. The van der Waals surface area contributed by atoms with Crippen molar-refractivity contribution < 1.29 is 9.47 Å². The summed E-state index contributed by atoms with van der Waals surface area (Å²) in [7, 11) is 1.78. The summed E-state index contributed by atoms with van der Waals surface area (Å²) in [6, 6.07) is 14.5. The molecule has 0 amide bonds. The van der Waals surface area contributed by atoms with Crippen LogP contribution in [0, 0.1) is 13.8 Å². The van der Waals surface area contributed by atoms with Crippen LogP contribution in [-0.4, -0.2) is 48.9 Å². The maximum atomic E-state index is 5.93. The maximum Gasteiger partial charge on any atom is 0.191 e. The van der Waals surface area contributed by atoms with E-state index in [9.17, 15) is 0 Å². The number of nitrogens with zero attached hydrogens (tertiary/aromatic N) is 3. The molecule has 31 heavy (non-hydrogen) atoms. The minimum absolute atomic E-state index is 0.537. The van der Waals surface area contributed by atoms with Crippen molar-refractivity contribution in [1.82, 2.24) is 20.2 Å². The summed E-state index contributed by atoms with van der Waals surface area (Å²) in [5, 5.41) is 6.77. The third kappa shape index (κ3) is 6.21. The molecule has 7 nitrogen and oxygen atoms in total. The van der Waals surface area contributed by atoms with Crippen LogP contribution < -0.4 is 15.4 Å². The van der Waals surface area contributed by atoms with E-state index >= 15 is 0 Å². The highest BCUT2D eigenvalue weighted by atomic mass is 16.5. The van der Waals surface area contributed by atoms with Gasteiger partial charge in [-0.3, -0.25) is 4.99 Å². The second-order valence-corrected chi connectivity index (χ2v) is 7.31. The number of guanidine groups is 1. The summed E-state index contributed by atoms with van der Waals surface area (Å²) < 4.78 is 13.5. The molecule has 0 aliphatic carbocycles. The van der Waals surface area contributed by atoms with Gasteiger partial charge in [-0.25, -0.2) is 4.98 Å². The molecule has 3 aromatic rings. The van der Waals surface area contributed by atoms with Gasteiger partial charge in [0.1, 0.15) is 18.2 Å². The lowest BCUT2D eigenvalue weighted by atomic mass is 10.1. The molecule has 0 aliphatic heterocycles. The number of rotatable bonds is 10. The van der Waals surface area contributed by atoms with E-state index in [-0.39, 0.29) is 0 Å². The van der Waals surface area contributed by atoms with Crippen LogP contribution in [0.2, 0.25) is 0 Å². The first-order chi connectivity index (χ1) is 15.1. The van der Waals surface area contributed by atoms with Crippen LogP contribution in [-0.2, 0) is 17.8 Å². The summed E-state index contributed by atoms with van der Waals surface area (Å²) in [6.07, 6.45) is 0. The molecule has 1 heterocycles. The minimum Gasteiger partial charge on any atom is -0.491 e. The van der Waals surface area contributed by atoms with E-state index < -0.39 is 0 Å². The summed E-state index contributed by atoms with van der Waals surface area (Å²) >= 11 is 0. The molecule has 0 aliphatic rings. The molecule has 7 heteroatoms. The molecule has 1 aromatic heterocycles. The first kappa shape index (κ1) is 22.6. The van der Waals surface area contributed by atoms with E-state index in [2.05, 4.69) is 56.4 Å². The molecule has 3 rings (SSSR count). The number of hydrogen-bond acceptors (Lipinski definition) is 4. The topological polar surface area (TPSA) is 72.7 Å². The molecule has 0 fully saturated rings. The van der Waals surface area contributed by atoms with E-state index in [1.165, 1.54) is 5.56 Å². The first-order valence-corrected chi connectivity index (χ1v) is 10.8. The van der Waals surface area contributed by atoms with Crippen LogP contribution in [0.15, 0.2) is 47.5 Å². The second-order valence-electron chi connectivity index (χ2n) is 7.31. The molecule has 0 bridgehead atoms. The molecule has 2 N–H and O–H groups in total. The normalized spacial score (nSPS) is 11.7. The van der Waals surface area contributed by atoms with Crippen molar-refractivity contribution >= 4 is 17.0 Å². The smallest absolute Gasteiger partial charge is 0.191 e. The lowest BCUT2D eigenvalue weighted by Crippen LogP contribution is -2.38. The molecule has 2 aromatic carbocycles. The average Bonchev–Trinajstić information content (AvgIpc) is 3.09. The Labute approximate surface area is 184 Å². The number of aryl methyl sites for hydroxylation is 2. The van der Waals surface area contributed by atoms with Crippen LogP contribution in [0.5, 0.6) is 5.75 Å². The third-order valence-corrected chi connectivity index (χ3v) is 5.06. The molecule has 0 spiro atoms. The van der Waals surface area contributed by atoms with Gasteiger partial charge in [-0.1, -0.05) is 24.3 Å². The number of aliphatic imine (C=N–C) groups is 1. The number of fused-ring (bicyclic) bond motifs is 1. The van der Waals surface area contributed by atoms with Crippen LogP contribution >= 0.6 is 0 Å². The summed E-state index contributed by atoms with van der Waals surface area (Å²) in [5.74, 6) is 2.64. The lowest BCUT2D eigenvalue weighted by molar-refractivity contribution is 0.110. The molecule has 0 atom stereocenters. The van der Waals surface area contributed by atoms with Crippen molar-refractivity contribution in [2.75, 3.05) is 33.4 Å². The highest BCUT2D eigenvalue weighted by Gasteiger charge is 2.08. The van der Waals surface area contributed by atoms with Gasteiger partial charge in [-0.2, -0.15) is 0 Å². The lowest BCUT2D eigenvalue weighted by Gasteiger charge is -2.16. The van der Waals surface area contributed by atoms with Gasteiger partial charge in [0.05, 0.1) is 17.6 Å². The standard InChI is InChI=1S/C24H33N5O2/c1-5-30-14-15-31-23-16-18(2)10-11-20(23)17-27-24(25-4)26-12-13-29-19(3)28-21-8-6-7-9-22(21)29/h6-11,16H,5,12-15,17H2,1-4H3,(H2,25,26,27). The van der Waals surface area contributed by atoms with Gasteiger partial charge in [-0.05, 0) is 44.5 Å². The van der Waals surface area contributed by atoms with Crippen LogP contribution in [0.4, 0.5) is 0 Å². The van der Waals surface area contributed by atoms with Gasteiger partial charge >= 0.3 is 0 Å². The van der Waals surface area contributed by atoms with E-state index in [0.717, 1.165) is 47.2 Å². The summed E-state index contributed by atoms with van der Waals surface area (Å²) in [4.78, 5) is 8.98. The Hall–Kier alpha value is -3.06. The Bertz CT molecular complexity index is 1010. The predicted octanol–water partition coefficient (Wildman–Crippen LogP) is 3.43. The molecular formula is C24H33N5O2. The zero-order chi connectivity index (χ0) is 22.1. The van der Waals surface area contributed by atoms with E-state index in [1.54, 1.807) is 7.05 Å². The SMILES string of the molecule is CCOCCOc1cc(C)ccc1CNC(=NC)NCCn1c(C)nc2ccccc21. The van der Waals surface area contributed by atoms with Crippen LogP contribution in [0.3, 0.4) is 0 Å². The second kappa shape index (κ2) is 11.4. The zero-order valence-corrected chi connectivity index (χ0v) is 18.9. The van der Waals surface area contributed by atoms with E-state index in [1.807, 2.05) is 32.0 Å². The van der Waals surface area contributed by atoms with Crippen molar-refractivity contribution in [3.63, 3.8) is 0 Å². The number of benzene rings is 2. The minimum atomic E-state index is 0.537. The highest BCUT2D eigenvalue weighted by Crippen LogP contribution is 2.20. The Morgan fingerprint density at radius 1 is 1.10 bits per heavy atom. The van der Waals surface area contributed by atoms with Crippen molar-refractivity contribution in [2.45, 2.75) is 33.9 Å². The Kier molecular flexibility index (Phi) is 8.29. The molecule has 166 valence electrons. The van der Waals surface area contributed by atoms with E-state index in [4.69, 9.17) is 9.47 Å². The highest BCUT2D eigenvalue weighted by molar-refractivity contribution is 5.79. The van der Waals surface area contributed by atoms with Gasteiger partial charge in [0.15, 0.2) is 5.96 Å². The van der Waals surface area contributed by atoms with Gasteiger partial charge in [0.2, 0.25) is 0 Å². The Balaban J connectivity index is 1.54. The third-order valence-electron chi connectivity index (χ3n) is 5.06. The van der Waals surface area contributed by atoms with E-state index in [0.29, 0.717) is 26.4 Å². The number of nitrogens with one attached hydrogen (secondary N) is 2. The first-order valence-electron chi connectivity index (χ1n) is 10.8. The number of aromatic nitrogens is 2. The van der Waals surface area contributed by atoms with Crippen molar-refractivity contribution in [1.29, 1.82) is 0 Å². The monoisotopic (exact) mass is 423 g/mol. The van der Waals surface area contributed by atoms with Gasteiger partial charge in [0.25, 0.3) is 0 Å². The van der Waals surface area contributed by atoms with Crippen LogP contribution in [0.1, 0.15) is 23.9 Å². The molecule has 0 radical (unpaired) electrons. The fourth-order valence-electron chi connectivity index (χ4n) is 3.46. The van der Waals surface area contributed by atoms with Crippen LogP contribution in [0.25, 0.3) is 11.0 Å². The largest absolute Gasteiger partial charge is 0.491 e. The number of hydrogen-bond donors (Lipinski definition) is 2. The Morgan fingerprint density at radius 2 is 1.94 bits per heavy atom. The van der Waals surface area contributed by atoms with Gasteiger partial charge in [0, 0.05) is 38.9 Å². The number of imidazole rings is 1. The van der Waals surface area contributed by atoms with Crippen molar-refractivity contribution in [2.24, 2.45) is 4.99 Å². The summed E-state index contributed by atoms with van der Waals surface area (Å²) in [6.45, 7) is 10.1. The summed E-state index contributed by atoms with van der Waals surface area (Å²) in [5.41, 5.74) is 4.43. The van der Waals surface area contributed by atoms with Gasteiger partial charge in [-0.15, -0.1) is 0 Å². The maximum absolute atomic E-state index is 5.93. The fraction of sp³-hybridized carbons (Fsp3) is 0.417. The molecular weight excluding hydrogens is 390 g/mol. The zero-order valence-electron chi connectivity index (χ0n) is 18.9.